The molecular weight excluding hydrogens is 302 g/mol. The predicted octanol–water partition coefficient (Wildman–Crippen LogP) is 2.52. The van der Waals surface area contributed by atoms with Crippen molar-refractivity contribution in [3.8, 4) is 0 Å². The van der Waals surface area contributed by atoms with Crippen LogP contribution in [0.3, 0.4) is 0 Å². The molecule has 0 aliphatic rings. The molecule has 0 aromatic carbocycles. The molecule has 0 amide bonds. The Morgan fingerprint density at radius 3 is 2.21 bits per heavy atom. The third-order valence-corrected chi connectivity index (χ3v) is 3.71. The van der Waals surface area contributed by atoms with Crippen molar-refractivity contribution in [2.45, 2.75) is 80.1 Å². The Bertz CT molecular complexity index is 440. The van der Waals surface area contributed by atoms with Gasteiger partial charge in [0.2, 0.25) is 0 Å². The Balaban J connectivity index is 0.000000922. The summed E-state index contributed by atoms with van der Waals surface area (Å²) in [5.41, 5.74) is 7.05. The maximum Gasteiger partial charge on any atom is 0.0967 e. The summed E-state index contributed by atoms with van der Waals surface area (Å²) in [7, 11) is 2.10. The number of aliphatic hydroxyl groups excluding tert-OH is 1. The van der Waals surface area contributed by atoms with E-state index in [1.54, 1.807) is 0 Å². The minimum atomic E-state index is 0.142. The zero-order valence-electron chi connectivity index (χ0n) is 17.0. The van der Waals surface area contributed by atoms with Gasteiger partial charge in [-0.05, 0) is 45.6 Å². The SMILES string of the molecule is CC(C)CO.CC(N)CC(C)(C)Cn1cc(CN(C)C(C)C)nn1. The van der Waals surface area contributed by atoms with E-state index < -0.39 is 0 Å². The molecule has 0 spiro atoms. The first-order valence-corrected chi connectivity index (χ1v) is 8.92. The molecule has 1 aromatic rings. The average molecular weight is 342 g/mol. The Kier molecular flexibility index (Phi) is 10.4. The summed E-state index contributed by atoms with van der Waals surface area (Å²) >= 11 is 0. The van der Waals surface area contributed by atoms with E-state index in [9.17, 15) is 0 Å². The maximum atomic E-state index is 8.14. The van der Waals surface area contributed by atoms with Gasteiger partial charge in [0.25, 0.3) is 0 Å². The quantitative estimate of drug-likeness (QED) is 0.759. The first-order valence-electron chi connectivity index (χ1n) is 8.92. The van der Waals surface area contributed by atoms with Crippen molar-refractivity contribution in [2.24, 2.45) is 17.1 Å². The van der Waals surface area contributed by atoms with Gasteiger partial charge >= 0.3 is 0 Å². The average Bonchev–Trinajstić information content (AvgIpc) is 2.83. The molecule has 0 bridgehead atoms. The van der Waals surface area contributed by atoms with Crippen molar-refractivity contribution < 1.29 is 5.11 Å². The van der Waals surface area contributed by atoms with Crippen molar-refractivity contribution in [1.29, 1.82) is 0 Å². The van der Waals surface area contributed by atoms with Crippen LogP contribution in [0.4, 0.5) is 0 Å². The van der Waals surface area contributed by atoms with Crippen molar-refractivity contribution in [3.63, 3.8) is 0 Å². The number of hydrogen-bond acceptors (Lipinski definition) is 5. The largest absolute Gasteiger partial charge is 0.396 e. The van der Waals surface area contributed by atoms with E-state index in [-0.39, 0.29) is 11.5 Å². The molecule has 1 heterocycles. The van der Waals surface area contributed by atoms with Crippen LogP contribution >= 0.6 is 0 Å². The Morgan fingerprint density at radius 1 is 1.25 bits per heavy atom. The summed E-state index contributed by atoms with van der Waals surface area (Å²) in [6.07, 6.45) is 3.02. The van der Waals surface area contributed by atoms with Gasteiger partial charge in [0.15, 0.2) is 0 Å². The standard InChI is InChI=1S/C14H29N5.C4H10O/c1-11(2)18(6)8-13-9-19(17-16-13)10-14(4,5)7-12(3)15;1-4(2)3-5/h9,11-12H,7-8,10,15H2,1-6H3;4-5H,3H2,1-2H3. The van der Waals surface area contributed by atoms with Crippen molar-refractivity contribution in [1.82, 2.24) is 19.9 Å². The molecule has 1 atom stereocenters. The summed E-state index contributed by atoms with van der Waals surface area (Å²) in [6.45, 7) is 16.8. The number of aliphatic hydroxyl groups is 1. The highest BCUT2D eigenvalue weighted by atomic mass is 16.3. The van der Waals surface area contributed by atoms with Crippen LogP contribution in [0, 0.1) is 11.3 Å². The third kappa shape index (κ3) is 10.7. The lowest BCUT2D eigenvalue weighted by molar-refractivity contribution is 0.248. The molecule has 0 radical (unpaired) electrons. The number of rotatable bonds is 8. The molecule has 24 heavy (non-hydrogen) atoms. The highest BCUT2D eigenvalue weighted by molar-refractivity contribution is 4.93. The summed E-state index contributed by atoms with van der Waals surface area (Å²) in [5.74, 6) is 0.440. The van der Waals surface area contributed by atoms with Crippen LogP contribution in [0.2, 0.25) is 0 Å². The van der Waals surface area contributed by atoms with E-state index in [1.165, 1.54) is 0 Å². The lowest BCUT2D eigenvalue weighted by Crippen LogP contribution is -2.29. The van der Waals surface area contributed by atoms with E-state index >= 15 is 0 Å². The van der Waals surface area contributed by atoms with E-state index in [1.807, 2.05) is 31.6 Å². The topological polar surface area (TPSA) is 80.2 Å². The zero-order chi connectivity index (χ0) is 18.9. The number of hydrogen-bond donors (Lipinski definition) is 2. The number of nitrogens with zero attached hydrogens (tertiary/aromatic N) is 4. The van der Waals surface area contributed by atoms with Crippen LogP contribution in [-0.4, -0.2) is 50.7 Å². The number of aromatic nitrogens is 3. The molecule has 1 rings (SSSR count). The molecule has 0 fully saturated rings. The van der Waals surface area contributed by atoms with Gasteiger partial charge in [0.1, 0.15) is 0 Å². The van der Waals surface area contributed by atoms with Gasteiger partial charge in [0.05, 0.1) is 5.69 Å². The molecule has 0 saturated heterocycles. The monoisotopic (exact) mass is 341 g/mol. The minimum absolute atomic E-state index is 0.142. The zero-order valence-corrected chi connectivity index (χ0v) is 17.0. The molecule has 0 aliphatic heterocycles. The fraction of sp³-hybridized carbons (Fsp3) is 0.889. The van der Waals surface area contributed by atoms with Crippen LogP contribution in [0.1, 0.15) is 60.6 Å². The number of nitrogens with two attached hydrogens (primary N) is 1. The fourth-order valence-electron chi connectivity index (χ4n) is 2.30. The Hall–Kier alpha value is -0.980. The summed E-state index contributed by atoms with van der Waals surface area (Å²) in [4.78, 5) is 2.25. The van der Waals surface area contributed by atoms with E-state index in [0.717, 1.165) is 25.2 Å². The molecule has 142 valence electrons. The second kappa shape index (κ2) is 10.8. The summed E-state index contributed by atoms with van der Waals surface area (Å²) in [6, 6.07) is 0.727. The molecule has 6 nitrogen and oxygen atoms in total. The lowest BCUT2D eigenvalue weighted by atomic mass is 9.86. The first kappa shape index (κ1) is 23.0. The molecular formula is C18H39N5O. The Labute approximate surface area is 148 Å². The van der Waals surface area contributed by atoms with Crippen LogP contribution in [0.5, 0.6) is 0 Å². The van der Waals surface area contributed by atoms with Gasteiger partial charge in [-0.1, -0.05) is 32.9 Å². The maximum absolute atomic E-state index is 8.14. The second-order valence-corrected chi connectivity index (χ2v) is 8.34. The predicted molar refractivity (Wildman–Crippen MR) is 101 cm³/mol. The van der Waals surface area contributed by atoms with Gasteiger partial charge in [0, 0.05) is 38.0 Å². The van der Waals surface area contributed by atoms with Gasteiger partial charge in [-0.15, -0.1) is 5.10 Å². The van der Waals surface area contributed by atoms with Crippen molar-refractivity contribution in [2.75, 3.05) is 13.7 Å². The lowest BCUT2D eigenvalue weighted by Gasteiger charge is -2.26. The fourth-order valence-corrected chi connectivity index (χ4v) is 2.30. The van der Waals surface area contributed by atoms with E-state index in [0.29, 0.717) is 18.6 Å². The molecule has 0 saturated carbocycles. The van der Waals surface area contributed by atoms with Gasteiger partial charge in [-0.25, -0.2) is 0 Å². The van der Waals surface area contributed by atoms with Crippen LogP contribution in [0.15, 0.2) is 6.20 Å². The van der Waals surface area contributed by atoms with Crippen LogP contribution < -0.4 is 5.73 Å². The molecule has 6 heteroatoms. The Morgan fingerprint density at radius 2 is 1.79 bits per heavy atom. The smallest absolute Gasteiger partial charge is 0.0967 e. The highest BCUT2D eigenvalue weighted by Gasteiger charge is 2.21. The van der Waals surface area contributed by atoms with Crippen molar-refractivity contribution in [3.05, 3.63) is 11.9 Å². The highest BCUT2D eigenvalue weighted by Crippen LogP contribution is 2.23. The van der Waals surface area contributed by atoms with Gasteiger partial charge < -0.3 is 10.8 Å². The van der Waals surface area contributed by atoms with Crippen LogP contribution in [0.25, 0.3) is 0 Å². The van der Waals surface area contributed by atoms with Gasteiger partial charge in [-0.2, -0.15) is 0 Å². The van der Waals surface area contributed by atoms with Crippen LogP contribution in [-0.2, 0) is 13.1 Å². The van der Waals surface area contributed by atoms with Crippen molar-refractivity contribution >= 4 is 0 Å². The van der Waals surface area contributed by atoms with Gasteiger partial charge in [-0.3, -0.25) is 9.58 Å². The minimum Gasteiger partial charge on any atom is -0.396 e. The second-order valence-electron chi connectivity index (χ2n) is 8.34. The molecule has 3 N–H and O–H groups in total. The molecule has 1 aromatic heterocycles. The summed E-state index contributed by atoms with van der Waals surface area (Å²) < 4.78 is 1.94. The van der Waals surface area contributed by atoms with E-state index in [2.05, 4.69) is 50.0 Å². The molecule has 1 unspecified atom stereocenters. The normalized spacial score (nSPS) is 13.4. The first-order chi connectivity index (χ1) is 11.0. The molecule has 0 aliphatic carbocycles. The van der Waals surface area contributed by atoms with E-state index in [4.69, 9.17) is 10.8 Å². The summed E-state index contributed by atoms with van der Waals surface area (Å²) in [5, 5.41) is 16.6. The third-order valence-electron chi connectivity index (χ3n) is 3.71.